The smallest absolute Gasteiger partial charge is 0.115 e. The fourth-order valence-corrected chi connectivity index (χ4v) is 3.00. The van der Waals surface area contributed by atoms with Gasteiger partial charge in [-0.25, -0.2) is 9.97 Å². The van der Waals surface area contributed by atoms with E-state index in [-0.39, 0.29) is 0 Å². The van der Waals surface area contributed by atoms with Gasteiger partial charge in [-0.2, -0.15) is 0 Å². The van der Waals surface area contributed by atoms with E-state index in [0.717, 1.165) is 0 Å². The first-order valence-electron chi connectivity index (χ1n) is 5.98. The predicted octanol–water partition coefficient (Wildman–Crippen LogP) is 1.97. The zero-order valence-corrected chi connectivity index (χ0v) is 9.80. The third-order valence-electron chi connectivity index (χ3n) is 3.75. The average Bonchev–Trinajstić information content (AvgIpc) is 2.89. The Morgan fingerprint density at radius 3 is 2.62 bits per heavy atom. The van der Waals surface area contributed by atoms with Gasteiger partial charge < -0.3 is 0 Å². The summed E-state index contributed by atoms with van der Waals surface area (Å²) in [6.07, 6.45) is 9.14. The number of hydrogen-bond donors (Lipinski definition) is 0. The van der Waals surface area contributed by atoms with Crippen LogP contribution in [0.4, 0.5) is 0 Å². The van der Waals surface area contributed by atoms with E-state index in [1.165, 1.54) is 24.1 Å². The molecule has 2 aliphatic rings. The third kappa shape index (κ3) is 1.47. The molecule has 0 aromatic carbocycles. The summed E-state index contributed by atoms with van der Waals surface area (Å²) < 4.78 is 0. The summed E-state index contributed by atoms with van der Waals surface area (Å²) in [6.45, 7) is 5.75. The number of likely N-dealkylation sites (tertiary alicyclic amines) is 1. The van der Waals surface area contributed by atoms with Crippen LogP contribution in [0.1, 0.15) is 25.8 Å². The second kappa shape index (κ2) is 3.67. The monoisotopic (exact) mass is 215 g/mol. The molecule has 2 bridgehead atoms. The average molecular weight is 215 g/mol. The van der Waals surface area contributed by atoms with Crippen molar-refractivity contribution in [2.24, 2.45) is 5.92 Å². The second-order valence-corrected chi connectivity index (χ2v) is 5.04. The minimum Gasteiger partial charge on any atom is -0.294 e. The van der Waals surface area contributed by atoms with E-state index >= 15 is 0 Å². The van der Waals surface area contributed by atoms with Crippen LogP contribution in [-0.2, 0) is 0 Å². The van der Waals surface area contributed by atoms with Crippen molar-refractivity contribution in [3.63, 3.8) is 0 Å². The predicted molar refractivity (Wildman–Crippen MR) is 63.7 cm³/mol. The van der Waals surface area contributed by atoms with Crippen LogP contribution in [0.5, 0.6) is 0 Å². The van der Waals surface area contributed by atoms with E-state index < -0.39 is 0 Å². The Labute approximate surface area is 96.2 Å². The summed E-state index contributed by atoms with van der Waals surface area (Å²) >= 11 is 0. The summed E-state index contributed by atoms with van der Waals surface area (Å²) in [5, 5.41) is 0. The minimum atomic E-state index is 0.639. The molecule has 0 unspecified atom stereocenters. The highest BCUT2D eigenvalue weighted by Gasteiger charge is 2.39. The van der Waals surface area contributed by atoms with Gasteiger partial charge in [0.05, 0.1) is 0 Å². The molecule has 1 aliphatic carbocycles. The number of fused-ring (bicyclic) bond motifs is 2. The minimum absolute atomic E-state index is 0.639. The summed E-state index contributed by atoms with van der Waals surface area (Å²) in [5.41, 5.74) is 2.67. The Morgan fingerprint density at radius 1 is 1.31 bits per heavy atom. The van der Waals surface area contributed by atoms with Gasteiger partial charge in [0.25, 0.3) is 0 Å². The van der Waals surface area contributed by atoms with Gasteiger partial charge >= 0.3 is 0 Å². The largest absolute Gasteiger partial charge is 0.294 e. The van der Waals surface area contributed by atoms with E-state index in [1.54, 1.807) is 6.33 Å². The summed E-state index contributed by atoms with van der Waals surface area (Å²) in [5.74, 6) is 0.693. The highest BCUT2D eigenvalue weighted by Crippen LogP contribution is 2.42. The molecule has 3 rings (SSSR count). The molecular weight excluding hydrogens is 198 g/mol. The maximum atomic E-state index is 4.10. The quantitative estimate of drug-likeness (QED) is 0.755. The van der Waals surface area contributed by atoms with Gasteiger partial charge in [-0.1, -0.05) is 6.08 Å². The molecule has 1 aliphatic heterocycles. The number of nitrogens with zero attached hydrogens (tertiary/aromatic N) is 3. The molecule has 3 heteroatoms. The number of aromatic nitrogens is 2. The highest BCUT2D eigenvalue weighted by atomic mass is 15.2. The molecule has 2 heterocycles. The normalized spacial score (nSPS) is 28.8. The van der Waals surface area contributed by atoms with Crippen LogP contribution in [0.3, 0.4) is 0 Å². The van der Waals surface area contributed by atoms with Crippen molar-refractivity contribution in [3.05, 3.63) is 30.4 Å². The zero-order valence-electron chi connectivity index (χ0n) is 9.80. The Hall–Kier alpha value is -1.22. The third-order valence-corrected chi connectivity index (χ3v) is 3.75. The molecule has 1 aromatic rings. The van der Waals surface area contributed by atoms with Crippen molar-refractivity contribution in [1.82, 2.24) is 14.9 Å². The lowest BCUT2D eigenvalue weighted by Crippen LogP contribution is -2.36. The van der Waals surface area contributed by atoms with E-state index in [2.05, 4.69) is 34.8 Å². The molecule has 1 saturated heterocycles. The molecule has 16 heavy (non-hydrogen) atoms. The molecule has 0 radical (unpaired) electrons. The summed E-state index contributed by atoms with van der Waals surface area (Å²) in [7, 11) is 0. The maximum absolute atomic E-state index is 4.10. The zero-order chi connectivity index (χ0) is 11.1. The van der Waals surface area contributed by atoms with Crippen LogP contribution in [0.15, 0.2) is 24.8 Å². The van der Waals surface area contributed by atoms with Crippen LogP contribution >= 0.6 is 0 Å². The van der Waals surface area contributed by atoms with Gasteiger partial charge in [0.2, 0.25) is 0 Å². The van der Waals surface area contributed by atoms with Gasteiger partial charge in [-0.3, -0.25) is 4.90 Å². The van der Waals surface area contributed by atoms with Gasteiger partial charge in [-0.15, -0.1) is 0 Å². The van der Waals surface area contributed by atoms with Crippen molar-refractivity contribution in [2.45, 2.75) is 32.4 Å². The Bertz CT molecular complexity index is 410. The summed E-state index contributed by atoms with van der Waals surface area (Å²) in [6, 6.07) is 1.29. The van der Waals surface area contributed by atoms with Crippen molar-refractivity contribution < 1.29 is 0 Å². The van der Waals surface area contributed by atoms with E-state index in [9.17, 15) is 0 Å². The van der Waals surface area contributed by atoms with Gasteiger partial charge in [-0.05, 0) is 31.8 Å². The van der Waals surface area contributed by atoms with E-state index in [1.807, 2.05) is 12.4 Å². The Kier molecular flexibility index (Phi) is 2.28. The molecule has 2 atom stereocenters. The van der Waals surface area contributed by atoms with Crippen molar-refractivity contribution in [2.75, 3.05) is 6.54 Å². The molecule has 0 saturated carbocycles. The van der Waals surface area contributed by atoms with E-state index in [0.29, 0.717) is 18.0 Å². The standard InChI is InChI=1S/C13H17N3/c1-9(2)16-7-10-3-12(16)4-13(10)11-5-14-8-15-6-11/h4-6,8-10,12H,3,7H2,1-2H3/t10-,12-/m0/s1. The maximum Gasteiger partial charge on any atom is 0.115 e. The molecule has 0 N–H and O–H groups in total. The fraction of sp³-hybridized carbons (Fsp3) is 0.538. The SMILES string of the molecule is CC(C)N1C[C@@H]2C[C@H]1C=C2c1cncnc1. The van der Waals surface area contributed by atoms with Crippen molar-refractivity contribution in [3.8, 4) is 0 Å². The van der Waals surface area contributed by atoms with Crippen LogP contribution in [0.2, 0.25) is 0 Å². The van der Waals surface area contributed by atoms with Crippen LogP contribution in [-0.4, -0.2) is 33.5 Å². The molecule has 84 valence electrons. The lowest BCUT2D eigenvalue weighted by molar-refractivity contribution is 0.227. The number of rotatable bonds is 2. The topological polar surface area (TPSA) is 29.0 Å². The van der Waals surface area contributed by atoms with Gasteiger partial charge in [0, 0.05) is 36.6 Å². The molecule has 1 fully saturated rings. The lowest BCUT2D eigenvalue weighted by atomic mass is 9.97. The van der Waals surface area contributed by atoms with Crippen LogP contribution in [0, 0.1) is 5.92 Å². The lowest BCUT2D eigenvalue weighted by Gasteiger charge is -2.29. The van der Waals surface area contributed by atoms with Crippen molar-refractivity contribution >= 4 is 5.57 Å². The van der Waals surface area contributed by atoms with Crippen LogP contribution in [0.25, 0.3) is 5.57 Å². The number of hydrogen-bond acceptors (Lipinski definition) is 3. The summed E-state index contributed by atoms with van der Waals surface area (Å²) in [4.78, 5) is 10.8. The molecule has 3 nitrogen and oxygen atoms in total. The molecule has 0 amide bonds. The Morgan fingerprint density at radius 2 is 2.06 bits per heavy atom. The highest BCUT2D eigenvalue weighted by molar-refractivity contribution is 5.70. The second-order valence-electron chi connectivity index (χ2n) is 5.04. The van der Waals surface area contributed by atoms with Gasteiger partial charge in [0.15, 0.2) is 0 Å². The van der Waals surface area contributed by atoms with Crippen molar-refractivity contribution in [1.29, 1.82) is 0 Å². The molecule has 0 spiro atoms. The molecular formula is C13H17N3. The molecule has 1 aromatic heterocycles. The first-order valence-corrected chi connectivity index (χ1v) is 5.98. The first-order chi connectivity index (χ1) is 7.75. The fourth-order valence-electron chi connectivity index (χ4n) is 3.00. The van der Waals surface area contributed by atoms with Gasteiger partial charge in [0.1, 0.15) is 6.33 Å². The van der Waals surface area contributed by atoms with E-state index in [4.69, 9.17) is 0 Å². The Balaban J connectivity index is 1.87. The van der Waals surface area contributed by atoms with Crippen LogP contribution < -0.4 is 0 Å². The first kappa shape index (κ1) is 9.97.